The van der Waals surface area contributed by atoms with Crippen molar-refractivity contribution in [1.29, 1.82) is 0 Å². The summed E-state index contributed by atoms with van der Waals surface area (Å²) in [6.07, 6.45) is 11.5. The van der Waals surface area contributed by atoms with E-state index in [1.165, 1.54) is 23.2 Å². The fraction of sp³-hybridized carbons (Fsp3) is 0.500. The second-order valence-electron chi connectivity index (χ2n) is 10.6. The van der Waals surface area contributed by atoms with Crippen molar-refractivity contribution in [3.63, 3.8) is 0 Å². The van der Waals surface area contributed by atoms with Crippen molar-refractivity contribution in [3.05, 3.63) is 83.4 Å². The number of aromatic amines is 1. The number of aromatic nitrogens is 2. The number of aliphatic hydroxyl groups is 1. The van der Waals surface area contributed by atoms with Crippen LogP contribution in [0.25, 0.3) is 0 Å². The van der Waals surface area contributed by atoms with Gasteiger partial charge in [-0.15, -0.1) is 0 Å². The normalized spacial score (nSPS) is 22.9. The van der Waals surface area contributed by atoms with Crippen LogP contribution in [0.4, 0.5) is 0 Å². The molecule has 0 saturated heterocycles. The van der Waals surface area contributed by atoms with E-state index >= 15 is 0 Å². The molecule has 0 spiro atoms. The van der Waals surface area contributed by atoms with Crippen molar-refractivity contribution in [2.75, 3.05) is 27.7 Å². The zero-order valence-corrected chi connectivity index (χ0v) is 21.8. The summed E-state index contributed by atoms with van der Waals surface area (Å²) in [6, 6.07) is 16.7. The molecule has 5 heteroatoms. The monoisotopic (exact) mass is 475 g/mol. The Hall–Kier alpha value is -2.63. The molecule has 0 radical (unpaired) electrons. The van der Waals surface area contributed by atoms with Gasteiger partial charge in [-0.1, -0.05) is 56.2 Å². The summed E-state index contributed by atoms with van der Waals surface area (Å²) in [7, 11) is 5.81. The molecule has 2 atom stereocenters. The van der Waals surface area contributed by atoms with Crippen LogP contribution in [-0.4, -0.2) is 47.7 Å². The largest absolute Gasteiger partial charge is 0.497 e. The van der Waals surface area contributed by atoms with Crippen LogP contribution in [0.1, 0.15) is 61.4 Å². The lowest BCUT2D eigenvalue weighted by Gasteiger charge is -2.41. The third-order valence-electron chi connectivity index (χ3n) is 8.11. The molecule has 5 rings (SSSR count). The minimum atomic E-state index is -0.711. The van der Waals surface area contributed by atoms with Crippen molar-refractivity contribution in [1.82, 2.24) is 14.9 Å². The Morgan fingerprint density at radius 1 is 1.09 bits per heavy atom. The van der Waals surface area contributed by atoms with E-state index < -0.39 is 5.60 Å². The van der Waals surface area contributed by atoms with Gasteiger partial charge in [-0.25, -0.2) is 4.98 Å². The van der Waals surface area contributed by atoms with Gasteiger partial charge >= 0.3 is 0 Å². The molecule has 0 amide bonds. The van der Waals surface area contributed by atoms with E-state index in [4.69, 9.17) is 4.74 Å². The van der Waals surface area contributed by atoms with Crippen molar-refractivity contribution in [2.24, 2.45) is 5.92 Å². The number of hydrogen-bond acceptors (Lipinski definition) is 4. The Morgan fingerprint density at radius 2 is 1.83 bits per heavy atom. The summed E-state index contributed by atoms with van der Waals surface area (Å²) in [4.78, 5) is 9.63. The lowest BCUT2D eigenvalue weighted by Crippen LogP contribution is -2.43. The van der Waals surface area contributed by atoms with Crippen molar-refractivity contribution < 1.29 is 9.84 Å². The fourth-order valence-electron chi connectivity index (χ4n) is 6.05. The molecule has 3 aromatic rings. The van der Waals surface area contributed by atoms with E-state index in [2.05, 4.69) is 60.2 Å². The molecule has 5 nitrogen and oxygen atoms in total. The predicted molar refractivity (Wildman–Crippen MR) is 142 cm³/mol. The molecule has 1 saturated carbocycles. The lowest BCUT2D eigenvalue weighted by atomic mass is 9.71. The number of imidazole rings is 1. The molecule has 1 fully saturated rings. The number of H-pyrrole nitrogens is 1. The highest BCUT2D eigenvalue weighted by Gasteiger charge is 2.41. The average Bonchev–Trinajstić information content (AvgIpc) is 3.54. The third kappa shape index (κ3) is 5.46. The van der Waals surface area contributed by atoms with Gasteiger partial charge in [0.25, 0.3) is 0 Å². The second-order valence-corrected chi connectivity index (χ2v) is 10.6. The van der Waals surface area contributed by atoms with Gasteiger partial charge in [-0.2, -0.15) is 0 Å². The number of rotatable bonds is 6. The summed E-state index contributed by atoms with van der Waals surface area (Å²) in [6.45, 7) is 3.19. The van der Waals surface area contributed by atoms with Crippen LogP contribution in [0.15, 0.2) is 61.1 Å². The fourth-order valence-corrected chi connectivity index (χ4v) is 6.05. The van der Waals surface area contributed by atoms with E-state index in [9.17, 15) is 5.11 Å². The van der Waals surface area contributed by atoms with Gasteiger partial charge in [0.15, 0.2) is 0 Å². The summed E-state index contributed by atoms with van der Waals surface area (Å²) < 4.78 is 5.29. The zero-order valence-electron chi connectivity index (χ0n) is 21.8. The van der Waals surface area contributed by atoms with Crippen LogP contribution in [0, 0.1) is 5.92 Å². The molecule has 2 aliphatic rings. The van der Waals surface area contributed by atoms with Gasteiger partial charge in [0.2, 0.25) is 0 Å². The Morgan fingerprint density at radius 3 is 2.43 bits per heavy atom. The first-order valence-electron chi connectivity index (χ1n) is 13.0. The molecule has 0 unspecified atom stereocenters. The minimum Gasteiger partial charge on any atom is -0.497 e. The van der Waals surface area contributed by atoms with Crippen LogP contribution in [0.2, 0.25) is 0 Å². The van der Waals surface area contributed by atoms with Crippen LogP contribution in [0.3, 0.4) is 0 Å². The number of methoxy groups -OCH3 is 1. The lowest BCUT2D eigenvalue weighted by molar-refractivity contribution is -0.0619. The molecule has 1 aromatic heterocycles. The molecule has 2 aromatic carbocycles. The number of hydrogen-bond donors (Lipinski definition) is 2. The van der Waals surface area contributed by atoms with Gasteiger partial charge in [0, 0.05) is 29.8 Å². The number of ether oxygens (including phenoxy) is 1. The first-order chi connectivity index (χ1) is 16.9. The minimum absolute atomic E-state index is 0.250. The number of nitrogens with one attached hydrogen (secondary N) is 1. The van der Waals surface area contributed by atoms with E-state index in [0.29, 0.717) is 5.92 Å². The maximum Gasteiger partial charge on any atom is 0.119 e. The molecule has 188 valence electrons. The maximum absolute atomic E-state index is 11.2. The van der Waals surface area contributed by atoms with Crippen molar-refractivity contribution in [2.45, 2.75) is 62.9 Å². The van der Waals surface area contributed by atoms with Crippen LogP contribution >= 0.6 is 0 Å². The molecule has 0 bridgehead atoms. The van der Waals surface area contributed by atoms with Crippen molar-refractivity contribution in [3.8, 4) is 5.75 Å². The number of fused-ring (bicyclic) bond motifs is 1. The van der Waals surface area contributed by atoms with E-state index in [1.807, 2.05) is 30.5 Å². The van der Waals surface area contributed by atoms with Crippen LogP contribution in [0.5, 0.6) is 5.75 Å². The highest BCUT2D eigenvalue weighted by Crippen LogP contribution is 2.43. The SMILES string of the molecule is CCC1(c2cnc[nH]2)Cc2ccccc2C1.COc1cccc([C@@]2(O)CCCC[C@@H]2CN(C)C)c1. The molecule has 1 heterocycles. The molecule has 35 heavy (non-hydrogen) atoms. The van der Waals surface area contributed by atoms with E-state index in [-0.39, 0.29) is 5.41 Å². The van der Waals surface area contributed by atoms with Gasteiger partial charge in [-0.3, -0.25) is 0 Å². The molecule has 2 aliphatic carbocycles. The Bertz CT molecular complexity index is 1050. The van der Waals surface area contributed by atoms with Gasteiger partial charge in [0.1, 0.15) is 5.75 Å². The summed E-state index contributed by atoms with van der Waals surface area (Å²) >= 11 is 0. The van der Waals surface area contributed by atoms with Crippen LogP contribution < -0.4 is 4.74 Å². The summed E-state index contributed by atoms with van der Waals surface area (Å²) in [5, 5.41) is 11.2. The maximum atomic E-state index is 11.2. The molecule has 2 N–H and O–H groups in total. The quantitative estimate of drug-likeness (QED) is 0.495. The topological polar surface area (TPSA) is 61.4 Å². The number of benzene rings is 2. The highest BCUT2D eigenvalue weighted by molar-refractivity contribution is 5.39. The Kier molecular flexibility index (Phi) is 7.98. The Labute approximate surface area is 210 Å². The number of nitrogens with zero attached hydrogens (tertiary/aromatic N) is 2. The first-order valence-corrected chi connectivity index (χ1v) is 13.0. The third-order valence-corrected chi connectivity index (χ3v) is 8.11. The highest BCUT2D eigenvalue weighted by atomic mass is 16.5. The average molecular weight is 476 g/mol. The summed E-state index contributed by atoms with van der Waals surface area (Å²) in [5.74, 6) is 1.11. The van der Waals surface area contributed by atoms with Crippen molar-refractivity contribution >= 4 is 0 Å². The molecular formula is C30H41N3O2. The molecule has 0 aliphatic heterocycles. The smallest absolute Gasteiger partial charge is 0.119 e. The molecular weight excluding hydrogens is 434 g/mol. The van der Waals surface area contributed by atoms with Gasteiger partial charge < -0.3 is 19.7 Å². The van der Waals surface area contributed by atoms with E-state index in [1.54, 1.807) is 13.4 Å². The Balaban J connectivity index is 0.000000167. The summed E-state index contributed by atoms with van der Waals surface area (Å²) in [5.41, 5.74) is 4.82. The van der Waals surface area contributed by atoms with E-state index in [0.717, 1.165) is 56.4 Å². The zero-order chi connectivity index (χ0) is 24.9. The standard InChI is InChI=1S/C16H25NO2.C14H16N2/c1-17(2)12-14-7-4-5-10-16(14,18)13-8-6-9-15(11-13)19-3;1-2-14(13-9-15-10-16-13)7-11-5-3-4-6-12(11)8-14/h6,8-9,11,14,18H,4-5,7,10,12H2,1-3H3;3-6,9-10H,2,7-8H2,1H3,(H,15,16)/t14-,16+;/m1./s1. The van der Waals surface area contributed by atoms with Gasteiger partial charge in [-0.05, 0) is 75.0 Å². The van der Waals surface area contributed by atoms with Gasteiger partial charge in [0.05, 0.1) is 19.0 Å². The predicted octanol–water partition coefficient (Wildman–Crippen LogP) is 5.49. The first kappa shape index (κ1) is 25.5. The van der Waals surface area contributed by atoms with Crippen LogP contribution in [-0.2, 0) is 23.9 Å². The second kappa shape index (κ2) is 11.0.